The molecule has 0 aliphatic rings. The van der Waals surface area contributed by atoms with Gasteiger partial charge in [0, 0.05) is 18.0 Å². The van der Waals surface area contributed by atoms with Gasteiger partial charge in [0.2, 0.25) is 0 Å². The Balaban J connectivity index is 1.70. The smallest absolute Gasteiger partial charge is 0.255 e. The lowest BCUT2D eigenvalue weighted by atomic mass is 10.1. The lowest BCUT2D eigenvalue weighted by Gasteiger charge is -2.13. The summed E-state index contributed by atoms with van der Waals surface area (Å²) in [6, 6.07) is 25.0. The molecule has 5 nitrogen and oxygen atoms in total. The molecule has 2 aromatic heterocycles. The van der Waals surface area contributed by atoms with Crippen LogP contribution in [-0.2, 0) is 0 Å². The van der Waals surface area contributed by atoms with Crippen LogP contribution in [0.4, 0.5) is 0 Å². The fourth-order valence-electron chi connectivity index (χ4n) is 3.04. The molecule has 1 atom stereocenters. The van der Waals surface area contributed by atoms with Crippen LogP contribution in [0.15, 0.2) is 91.3 Å². The van der Waals surface area contributed by atoms with Crippen molar-refractivity contribution in [3.63, 3.8) is 0 Å². The van der Waals surface area contributed by atoms with Crippen LogP contribution < -0.4 is 5.32 Å². The summed E-state index contributed by atoms with van der Waals surface area (Å²) in [6.07, 6.45) is 3.50. The van der Waals surface area contributed by atoms with Crippen LogP contribution in [-0.4, -0.2) is 20.7 Å². The molecule has 5 heteroatoms. The van der Waals surface area contributed by atoms with Crippen molar-refractivity contribution in [2.24, 2.45) is 0 Å². The summed E-state index contributed by atoms with van der Waals surface area (Å²) in [6.45, 7) is 1.92. The third kappa shape index (κ3) is 3.69. The summed E-state index contributed by atoms with van der Waals surface area (Å²) < 4.78 is 1.74. The molecule has 4 aromatic rings. The van der Waals surface area contributed by atoms with Gasteiger partial charge in [0.05, 0.1) is 23.0 Å². The maximum atomic E-state index is 13.1. The van der Waals surface area contributed by atoms with Crippen LogP contribution in [0.1, 0.15) is 29.0 Å². The second-order valence-electron chi connectivity index (χ2n) is 6.49. The Labute approximate surface area is 163 Å². The molecule has 1 unspecified atom stereocenters. The first-order valence-electron chi connectivity index (χ1n) is 9.14. The Morgan fingerprint density at radius 1 is 0.929 bits per heavy atom. The van der Waals surface area contributed by atoms with Crippen LogP contribution in [0.5, 0.6) is 0 Å². The van der Waals surface area contributed by atoms with Gasteiger partial charge >= 0.3 is 0 Å². The SMILES string of the molecule is CC(NC(=O)c1cn(-c2ccccc2)nc1-c1ccccc1)c1ccccn1. The van der Waals surface area contributed by atoms with Crippen molar-refractivity contribution in [3.8, 4) is 16.9 Å². The molecular formula is C23H20N4O. The molecule has 1 N–H and O–H groups in total. The van der Waals surface area contributed by atoms with Gasteiger partial charge in [-0.15, -0.1) is 0 Å². The Morgan fingerprint density at radius 3 is 2.29 bits per heavy atom. The summed E-state index contributed by atoms with van der Waals surface area (Å²) in [4.78, 5) is 17.4. The summed E-state index contributed by atoms with van der Waals surface area (Å²) in [5.41, 5.74) is 3.78. The molecule has 0 saturated heterocycles. The maximum absolute atomic E-state index is 13.1. The monoisotopic (exact) mass is 368 g/mol. The fourth-order valence-corrected chi connectivity index (χ4v) is 3.04. The number of pyridine rings is 1. The van der Waals surface area contributed by atoms with E-state index < -0.39 is 0 Å². The predicted octanol–water partition coefficient (Wildman–Crippen LogP) is 4.43. The lowest BCUT2D eigenvalue weighted by molar-refractivity contribution is 0.0939. The summed E-state index contributed by atoms with van der Waals surface area (Å²) in [5.74, 6) is -0.181. The van der Waals surface area contributed by atoms with Gasteiger partial charge in [-0.25, -0.2) is 4.68 Å². The molecule has 0 radical (unpaired) electrons. The van der Waals surface area contributed by atoms with Gasteiger partial charge in [0.1, 0.15) is 5.69 Å². The van der Waals surface area contributed by atoms with E-state index in [1.165, 1.54) is 0 Å². The zero-order valence-corrected chi connectivity index (χ0v) is 15.5. The van der Waals surface area contributed by atoms with Crippen molar-refractivity contribution in [1.82, 2.24) is 20.1 Å². The predicted molar refractivity (Wildman–Crippen MR) is 109 cm³/mol. The zero-order chi connectivity index (χ0) is 19.3. The zero-order valence-electron chi connectivity index (χ0n) is 15.5. The van der Waals surface area contributed by atoms with Crippen molar-refractivity contribution < 1.29 is 4.79 Å². The van der Waals surface area contributed by atoms with Gasteiger partial charge in [-0.2, -0.15) is 5.10 Å². The highest BCUT2D eigenvalue weighted by molar-refractivity contribution is 6.00. The highest BCUT2D eigenvalue weighted by atomic mass is 16.1. The lowest BCUT2D eigenvalue weighted by Crippen LogP contribution is -2.27. The van der Waals surface area contributed by atoms with E-state index in [0.29, 0.717) is 11.3 Å². The second kappa shape index (κ2) is 7.88. The number of nitrogens with zero attached hydrogens (tertiary/aromatic N) is 3. The van der Waals surface area contributed by atoms with Gasteiger partial charge in [0.25, 0.3) is 5.91 Å². The number of rotatable bonds is 5. The van der Waals surface area contributed by atoms with E-state index in [-0.39, 0.29) is 11.9 Å². The fraction of sp³-hybridized carbons (Fsp3) is 0.0870. The van der Waals surface area contributed by atoms with Gasteiger partial charge in [-0.05, 0) is 31.2 Å². The van der Waals surface area contributed by atoms with Crippen LogP contribution in [0.3, 0.4) is 0 Å². The quantitative estimate of drug-likeness (QED) is 0.567. The van der Waals surface area contributed by atoms with Crippen LogP contribution in [0.2, 0.25) is 0 Å². The summed E-state index contributed by atoms with van der Waals surface area (Å²) in [7, 11) is 0. The highest BCUT2D eigenvalue weighted by Gasteiger charge is 2.20. The molecule has 28 heavy (non-hydrogen) atoms. The molecule has 2 heterocycles. The van der Waals surface area contributed by atoms with E-state index >= 15 is 0 Å². The Hall–Kier alpha value is -3.73. The van der Waals surface area contributed by atoms with Crippen LogP contribution in [0.25, 0.3) is 16.9 Å². The first-order chi connectivity index (χ1) is 13.7. The highest BCUT2D eigenvalue weighted by Crippen LogP contribution is 2.24. The Kier molecular flexibility index (Phi) is 4.97. The van der Waals surface area contributed by atoms with E-state index in [2.05, 4.69) is 10.3 Å². The average molecular weight is 368 g/mol. The minimum absolute atomic E-state index is 0.181. The normalized spacial score (nSPS) is 11.8. The van der Waals surface area contributed by atoms with Gasteiger partial charge in [-0.1, -0.05) is 54.6 Å². The van der Waals surface area contributed by atoms with E-state index in [1.807, 2.05) is 85.8 Å². The molecule has 4 rings (SSSR count). The Bertz CT molecular complexity index is 1060. The molecule has 0 aliphatic heterocycles. The van der Waals surface area contributed by atoms with Gasteiger partial charge in [-0.3, -0.25) is 9.78 Å². The number of aromatic nitrogens is 3. The summed E-state index contributed by atoms with van der Waals surface area (Å²) >= 11 is 0. The molecule has 138 valence electrons. The van der Waals surface area contributed by atoms with E-state index in [0.717, 1.165) is 16.9 Å². The Morgan fingerprint density at radius 2 is 1.61 bits per heavy atom. The molecule has 0 spiro atoms. The standard InChI is InChI=1S/C23H20N4O/c1-17(21-14-8-9-15-24-21)25-23(28)20-16-27(19-12-6-3-7-13-19)26-22(20)18-10-4-2-5-11-18/h2-17H,1H3,(H,25,28). The van der Waals surface area contributed by atoms with Crippen molar-refractivity contribution in [2.75, 3.05) is 0 Å². The van der Waals surface area contributed by atoms with E-state index in [1.54, 1.807) is 17.1 Å². The summed E-state index contributed by atoms with van der Waals surface area (Å²) in [5, 5.41) is 7.72. The van der Waals surface area contributed by atoms with Crippen molar-refractivity contribution in [2.45, 2.75) is 13.0 Å². The van der Waals surface area contributed by atoms with E-state index in [4.69, 9.17) is 5.10 Å². The van der Waals surface area contributed by atoms with Crippen molar-refractivity contribution >= 4 is 5.91 Å². The third-order valence-corrected chi connectivity index (χ3v) is 4.51. The largest absolute Gasteiger partial charge is 0.344 e. The first kappa shape index (κ1) is 17.7. The van der Waals surface area contributed by atoms with E-state index in [9.17, 15) is 4.79 Å². The molecule has 2 aromatic carbocycles. The van der Waals surface area contributed by atoms with Crippen molar-refractivity contribution in [1.29, 1.82) is 0 Å². The number of hydrogen-bond acceptors (Lipinski definition) is 3. The number of carbonyl (C=O) groups is 1. The molecule has 0 bridgehead atoms. The maximum Gasteiger partial charge on any atom is 0.255 e. The number of nitrogens with one attached hydrogen (secondary N) is 1. The topological polar surface area (TPSA) is 59.8 Å². The minimum atomic E-state index is -0.211. The second-order valence-corrected chi connectivity index (χ2v) is 6.49. The third-order valence-electron chi connectivity index (χ3n) is 4.51. The average Bonchev–Trinajstić information content (AvgIpc) is 3.21. The van der Waals surface area contributed by atoms with Crippen molar-refractivity contribution in [3.05, 3.63) is 103 Å². The molecule has 0 saturated carbocycles. The molecule has 1 amide bonds. The van der Waals surface area contributed by atoms with Gasteiger partial charge < -0.3 is 5.32 Å². The number of amides is 1. The van der Waals surface area contributed by atoms with Crippen LogP contribution >= 0.6 is 0 Å². The number of hydrogen-bond donors (Lipinski definition) is 1. The number of benzene rings is 2. The van der Waals surface area contributed by atoms with Crippen LogP contribution in [0, 0.1) is 0 Å². The first-order valence-corrected chi connectivity index (χ1v) is 9.14. The molecule has 0 fully saturated rings. The number of para-hydroxylation sites is 1. The minimum Gasteiger partial charge on any atom is -0.344 e. The molecule has 0 aliphatic carbocycles. The van der Waals surface area contributed by atoms with Gasteiger partial charge in [0.15, 0.2) is 0 Å². The molecular weight excluding hydrogens is 348 g/mol. The number of carbonyl (C=O) groups excluding carboxylic acids is 1.